The maximum Gasteiger partial charge on any atom is 0.226 e. The summed E-state index contributed by atoms with van der Waals surface area (Å²) in [6, 6.07) is 4.81. The van der Waals surface area contributed by atoms with E-state index in [9.17, 15) is 9.18 Å². The summed E-state index contributed by atoms with van der Waals surface area (Å²) < 4.78 is 18.7. The zero-order valence-corrected chi connectivity index (χ0v) is 14.8. The van der Waals surface area contributed by atoms with Crippen LogP contribution in [0.1, 0.15) is 33.3 Å². The Morgan fingerprint density at radius 2 is 2.04 bits per heavy atom. The van der Waals surface area contributed by atoms with Gasteiger partial charge in [0.2, 0.25) is 5.91 Å². The lowest BCUT2D eigenvalue weighted by atomic mass is 10.1. The lowest BCUT2D eigenvalue weighted by molar-refractivity contribution is -0.132. The van der Waals surface area contributed by atoms with Gasteiger partial charge in [0.05, 0.1) is 13.0 Å². The molecule has 1 aliphatic rings. The summed E-state index contributed by atoms with van der Waals surface area (Å²) in [7, 11) is 3.21. The van der Waals surface area contributed by atoms with Gasteiger partial charge in [-0.1, -0.05) is 31.6 Å². The lowest BCUT2D eigenvalue weighted by Gasteiger charge is -2.18. The van der Waals surface area contributed by atoms with E-state index in [0.717, 1.165) is 5.56 Å². The third-order valence-electron chi connectivity index (χ3n) is 4.70. The largest absolute Gasteiger partial charge is 0.494 e. The number of methoxy groups -OCH3 is 1. The summed E-state index contributed by atoms with van der Waals surface area (Å²) in [4.78, 5) is 14.4. The molecule has 0 heterocycles. The second-order valence-electron chi connectivity index (χ2n) is 7.23. The molecule has 0 aliphatic heterocycles. The quantitative estimate of drug-likeness (QED) is 0.767. The Hall–Kier alpha value is -1.84. The van der Waals surface area contributed by atoms with E-state index < -0.39 is 5.82 Å². The number of nitrogens with zero attached hydrogens (tertiary/aromatic N) is 1. The number of halogens is 1. The van der Waals surface area contributed by atoms with Gasteiger partial charge in [0.1, 0.15) is 0 Å². The molecule has 3 nitrogen and oxygen atoms in total. The minimum Gasteiger partial charge on any atom is -0.494 e. The van der Waals surface area contributed by atoms with E-state index in [-0.39, 0.29) is 28.9 Å². The van der Waals surface area contributed by atoms with Crippen molar-refractivity contribution in [2.45, 2.75) is 34.2 Å². The van der Waals surface area contributed by atoms with Crippen molar-refractivity contribution >= 4 is 5.91 Å². The van der Waals surface area contributed by atoms with Crippen LogP contribution in [0.4, 0.5) is 4.39 Å². The highest BCUT2D eigenvalue weighted by Gasteiger charge is 2.60. The van der Waals surface area contributed by atoms with Crippen LogP contribution in [0.15, 0.2) is 29.8 Å². The molecule has 1 aliphatic carbocycles. The first-order valence-electron chi connectivity index (χ1n) is 7.91. The van der Waals surface area contributed by atoms with Crippen LogP contribution in [0.2, 0.25) is 0 Å². The molecule has 0 N–H and O–H groups in total. The average molecular weight is 319 g/mol. The molecule has 1 amide bonds. The van der Waals surface area contributed by atoms with E-state index in [1.54, 1.807) is 24.1 Å². The number of ether oxygens (including phenoxy) is 1. The molecule has 2 atom stereocenters. The van der Waals surface area contributed by atoms with Gasteiger partial charge in [0.25, 0.3) is 0 Å². The minimum atomic E-state index is -0.403. The van der Waals surface area contributed by atoms with E-state index in [4.69, 9.17) is 4.74 Å². The van der Waals surface area contributed by atoms with Crippen molar-refractivity contribution in [2.75, 3.05) is 14.2 Å². The van der Waals surface area contributed by atoms with E-state index in [0.29, 0.717) is 6.54 Å². The van der Waals surface area contributed by atoms with Gasteiger partial charge in [-0.2, -0.15) is 0 Å². The molecule has 0 radical (unpaired) electrons. The molecule has 126 valence electrons. The molecule has 1 aromatic carbocycles. The number of carbonyl (C=O) groups is 1. The molecule has 0 saturated heterocycles. The van der Waals surface area contributed by atoms with Crippen molar-refractivity contribution in [2.24, 2.45) is 17.3 Å². The number of carbonyl (C=O) groups excluding carboxylic acids is 1. The number of benzene rings is 1. The van der Waals surface area contributed by atoms with Gasteiger partial charge >= 0.3 is 0 Å². The van der Waals surface area contributed by atoms with Gasteiger partial charge in [-0.05, 0) is 42.9 Å². The van der Waals surface area contributed by atoms with Crippen LogP contribution in [0.3, 0.4) is 0 Å². The Kier molecular flexibility index (Phi) is 4.83. The average Bonchev–Trinajstić information content (AvgIpc) is 2.98. The minimum absolute atomic E-state index is 0.00509. The molecule has 4 heteroatoms. The van der Waals surface area contributed by atoms with Crippen LogP contribution < -0.4 is 4.74 Å². The van der Waals surface area contributed by atoms with Crippen LogP contribution in [-0.2, 0) is 11.3 Å². The summed E-state index contributed by atoms with van der Waals surface area (Å²) >= 11 is 0. The highest BCUT2D eigenvalue weighted by atomic mass is 19.1. The highest BCUT2D eigenvalue weighted by Crippen LogP contribution is 2.60. The molecule has 2 rings (SSSR count). The van der Waals surface area contributed by atoms with Crippen molar-refractivity contribution in [3.8, 4) is 5.75 Å². The van der Waals surface area contributed by atoms with E-state index in [2.05, 4.69) is 33.8 Å². The van der Waals surface area contributed by atoms with Crippen LogP contribution in [0.5, 0.6) is 5.75 Å². The van der Waals surface area contributed by atoms with Crippen LogP contribution in [0.25, 0.3) is 0 Å². The summed E-state index contributed by atoms with van der Waals surface area (Å²) in [5.41, 5.74) is 1.99. The molecule has 0 bridgehead atoms. The van der Waals surface area contributed by atoms with Crippen molar-refractivity contribution in [1.82, 2.24) is 4.90 Å². The summed E-state index contributed by atoms with van der Waals surface area (Å²) in [6.07, 6.45) is 2.18. The number of amides is 1. The molecule has 1 aromatic rings. The van der Waals surface area contributed by atoms with Crippen LogP contribution >= 0.6 is 0 Å². The van der Waals surface area contributed by atoms with Crippen LogP contribution in [-0.4, -0.2) is 25.0 Å². The second-order valence-corrected chi connectivity index (χ2v) is 7.23. The molecule has 0 aromatic heterocycles. The molecular formula is C19H26FNO2. The van der Waals surface area contributed by atoms with Gasteiger partial charge in [-0.3, -0.25) is 4.79 Å². The molecule has 0 spiro atoms. The van der Waals surface area contributed by atoms with Crippen molar-refractivity contribution < 1.29 is 13.9 Å². The molecule has 1 fully saturated rings. The van der Waals surface area contributed by atoms with Gasteiger partial charge in [0.15, 0.2) is 11.6 Å². The Morgan fingerprint density at radius 3 is 2.57 bits per heavy atom. The van der Waals surface area contributed by atoms with Gasteiger partial charge in [0, 0.05) is 13.6 Å². The normalized spacial score (nSPS) is 21.5. The first-order valence-corrected chi connectivity index (χ1v) is 7.91. The number of hydrogen-bond donors (Lipinski definition) is 0. The van der Waals surface area contributed by atoms with Crippen molar-refractivity contribution in [3.63, 3.8) is 0 Å². The van der Waals surface area contributed by atoms with Gasteiger partial charge < -0.3 is 9.64 Å². The fraction of sp³-hybridized carbons (Fsp3) is 0.526. The Morgan fingerprint density at radius 1 is 1.39 bits per heavy atom. The predicted octanol–water partition coefficient (Wildman–Crippen LogP) is 4.03. The number of hydrogen-bond acceptors (Lipinski definition) is 2. The number of allylic oxidation sites excluding steroid dienone is 2. The predicted molar refractivity (Wildman–Crippen MR) is 89.6 cm³/mol. The topological polar surface area (TPSA) is 29.5 Å². The summed E-state index contributed by atoms with van der Waals surface area (Å²) in [6.45, 7) is 8.76. The summed E-state index contributed by atoms with van der Waals surface area (Å²) in [5.74, 6) is 0.226. The zero-order chi connectivity index (χ0) is 17.4. The van der Waals surface area contributed by atoms with Crippen molar-refractivity contribution in [1.29, 1.82) is 0 Å². The van der Waals surface area contributed by atoms with E-state index >= 15 is 0 Å². The summed E-state index contributed by atoms with van der Waals surface area (Å²) in [5, 5.41) is 0. The fourth-order valence-electron chi connectivity index (χ4n) is 3.22. The Bertz CT molecular complexity index is 632. The smallest absolute Gasteiger partial charge is 0.226 e. The maximum atomic E-state index is 13.8. The van der Waals surface area contributed by atoms with Crippen molar-refractivity contribution in [3.05, 3.63) is 41.2 Å². The standard InChI is InChI=1S/C19H26FNO2/c1-12(2)9-14-17(19(14,3)4)18(22)21(5)11-13-7-8-16(23-6)15(20)10-13/h7-10,14,17H,11H2,1-6H3. The van der Waals surface area contributed by atoms with E-state index in [1.807, 2.05) is 0 Å². The second kappa shape index (κ2) is 6.34. The zero-order valence-electron chi connectivity index (χ0n) is 14.8. The maximum absolute atomic E-state index is 13.8. The van der Waals surface area contributed by atoms with Gasteiger partial charge in [-0.15, -0.1) is 0 Å². The first-order chi connectivity index (χ1) is 10.7. The first kappa shape index (κ1) is 17.5. The van der Waals surface area contributed by atoms with E-state index in [1.165, 1.54) is 18.7 Å². The SMILES string of the molecule is COc1ccc(CN(C)C(=O)C2C(C=C(C)C)C2(C)C)cc1F. The molecule has 2 unspecified atom stereocenters. The monoisotopic (exact) mass is 319 g/mol. The lowest BCUT2D eigenvalue weighted by Crippen LogP contribution is -2.29. The molecule has 23 heavy (non-hydrogen) atoms. The molecule has 1 saturated carbocycles. The Balaban J connectivity index is 2.06. The number of rotatable bonds is 5. The fourth-order valence-corrected chi connectivity index (χ4v) is 3.22. The Labute approximate surface area is 138 Å². The third-order valence-corrected chi connectivity index (χ3v) is 4.70. The third kappa shape index (κ3) is 3.57. The van der Waals surface area contributed by atoms with Gasteiger partial charge in [-0.25, -0.2) is 4.39 Å². The van der Waals surface area contributed by atoms with Crippen LogP contribution in [0, 0.1) is 23.1 Å². The highest BCUT2D eigenvalue weighted by molar-refractivity contribution is 5.83. The molecular weight excluding hydrogens is 293 g/mol.